The number of benzene rings is 2. The molecule has 1 aliphatic heterocycles. The van der Waals surface area contributed by atoms with Gasteiger partial charge in [-0.1, -0.05) is 6.07 Å². The molecule has 0 amide bonds. The second kappa shape index (κ2) is 9.11. The molecule has 5 rings (SSSR count). The quantitative estimate of drug-likeness (QED) is 0.329. The van der Waals surface area contributed by atoms with Crippen LogP contribution in [0.1, 0.15) is 28.8 Å². The van der Waals surface area contributed by atoms with Gasteiger partial charge >= 0.3 is 11.6 Å². The van der Waals surface area contributed by atoms with Crippen molar-refractivity contribution in [2.24, 2.45) is 0 Å². The number of aryl methyl sites for hydroxylation is 1. The standard InChI is InChI=1S/C26H27N3O4/c30-25-9-5-18-15-21(6-8-24(18)33-25)29-13-11-28(12-14-29)10-2-1-3-20-17-27-23-16-19(26(31)32)4-7-22(20)23/h4-9,15-17,27H,1-3,10-14H2,(H,31,32). The Labute approximate surface area is 191 Å². The van der Waals surface area contributed by atoms with E-state index >= 15 is 0 Å². The SMILES string of the molecule is O=C(O)c1ccc2c(CCCCN3CCN(c4ccc5oc(=O)ccc5c4)CC3)c[nH]c2c1. The van der Waals surface area contributed by atoms with E-state index in [0.717, 1.165) is 68.3 Å². The van der Waals surface area contributed by atoms with Crippen LogP contribution < -0.4 is 10.5 Å². The van der Waals surface area contributed by atoms with Crippen LogP contribution in [0.15, 0.2) is 63.9 Å². The summed E-state index contributed by atoms with van der Waals surface area (Å²) in [6.07, 6.45) is 5.22. The Kier molecular flexibility index (Phi) is 5.88. The van der Waals surface area contributed by atoms with E-state index in [1.165, 1.54) is 17.3 Å². The van der Waals surface area contributed by atoms with Crippen molar-refractivity contribution in [1.29, 1.82) is 0 Å². The van der Waals surface area contributed by atoms with Crippen molar-refractivity contribution in [2.75, 3.05) is 37.6 Å². The molecule has 2 aromatic carbocycles. The summed E-state index contributed by atoms with van der Waals surface area (Å²) in [5.41, 5.74) is 3.92. The van der Waals surface area contributed by atoms with Crippen LogP contribution in [0.2, 0.25) is 0 Å². The number of fused-ring (bicyclic) bond motifs is 2. The highest BCUT2D eigenvalue weighted by Gasteiger charge is 2.17. The smallest absolute Gasteiger partial charge is 0.336 e. The highest BCUT2D eigenvalue weighted by Crippen LogP contribution is 2.23. The van der Waals surface area contributed by atoms with Crippen LogP contribution >= 0.6 is 0 Å². The first-order valence-corrected chi connectivity index (χ1v) is 11.4. The zero-order valence-electron chi connectivity index (χ0n) is 18.4. The number of aromatic amines is 1. The number of carbonyl (C=O) groups is 1. The fourth-order valence-electron chi connectivity index (χ4n) is 4.66. The van der Waals surface area contributed by atoms with Crippen molar-refractivity contribution in [1.82, 2.24) is 9.88 Å². The molecule has 4 aromatic rings. The number of aromatic carboxylic acids is 1. The molecule has 7 nitrogen and oxygen atoms in total. The van der Waals surface area contributed by atoms with E-state index in [1.54, 1.807) is 12.1 Å². The summed E-state index contributed by atoms with van der Waals surface area (Å²) in [4.78, 5) is 30.6. The van der Waals surface area contributed by atoms with Gasteiger partial charge in [0.05, 0.1) is 5.56 Å². The van der Waals surface area contributed by atoms with Gasteiger partial charge in [0.1, 0.15) is 5.58 Å². The molecule has 2 N–H and O–H groups in total. The normalized spacial score (nSPS) is 14.8. The minimum absolute atomic E-state index is 0.310. The Bertz CT molecular complexity index is 1350. The van der Waals surface area contributed by atoms with E-state index < -0.39 is 5.97 Å². The van der Waals surface area contributed by atoms with Crippen molar-refractivity contribution < 1.29 is 14.3 Å². The molecule has 1 aliphatic rings. The molecular weight excluding hydrogens is 418 g/mol. The number of hydrogen-bond donors (Lipinski definition) is 2. The molecule has 3 heterocycles. The second-order valence-corrected chi connectivity index (χ2v) is 8.64. The first-order valence-electron chi connectivity index (χ1n) is 11.4. The van der Waals surface area contributed by atoms with Crippen LogP contribution in [0.5, 0.6) is 0 Å². The lowest BCUT2D eigenvalue weighted by Gasteiger charge is -2.36. The highest BCUT2D eigenvalue weighted by molar-refractivity contribution is 5.94. The summed E-state index contributed by atoms with van der Waals surface area (Å²) in [5, 5.41) is 11.2. The summed E-state index contributed by atoms with van der Waals surface area (Å²) < 4.78 is 5.23. The molecule has 0 saturated carbocycles. The van der Waals surface area contributed by atoms with Crippen LogP contribution in [-0.4, -0.2) is 53.7 Å². The van der Waals surface area contributed by atoms with Gasteiger partial charge in [-0.05, 0) is 67.8 Å². The highest BCUT2D eigenvalue weighted by atomic mass is 16.4. The molecule has 0 aliphatic carbocycles. The largest absolute Gasteiger partial charge is 0.478 e. The van der Waals surface area contributed by atoms with E-state index in [1.807, 2.05) is 30.5 Å². The van der Waals surface area contributed by atoms with E-state index in [-0.39, 0.29) is 5.63 Å². The molecular formula is C26H27N3O4. The predicted molar refractivity (Wildman–Crippen MR) is 129 cm³/mol. The minimum atomic E-state index is -0.901. The number of hydrogen-bond acceptors (Lipinski definition) is 5. The van der Waals surface area contributed by atoms with Crippen LogP contribution in [-0.2, 0) is 6.42 Å². The number of rotatable bonds is 7. The van der Waals surface area contributed by atoms with Gasteiger partial charge in [0.15, 0.2) is 0 Å². The first-order chi connectivity index (χ1) is 16.1. The summed E-state index contributed by atoms with van der Waals surface area (Å²) in [6, 6.07) is 14.6. The van der Waals surface area contributed by atoms with E-state index in [2.05, 4.69) is 20.9 Å². The van der Waals surface area contributed by atoms with Gasteiger partial charge in [-0.25, -0.2) is 9.59 Å². The van der Waals surface area contributed by atoms with Gasteiger partial charge in [0, 0.05) is 60.4 Å². The average Bonchev–Trinajstić information content (AvgIpc) is 3.24. The zero-order valence-corrected chi connectivity index (χ0v) is 18.4. The molecule has 0 spiro atoms. The third kappa shape index (κ3) is 4.64. The number of carboxylic acids is 1. The van der Waals surface area contributed by atoms with E-state index in [9.17, 15) is 9.59 Å². The van der Waals surface area contributed by atoms with Crippen LogP contribution in [0.3, 0.4) is 0 Å². The molecule has 1 saturated heterocycles. The van der Waals surface area contributed by atoms with Crippen LogP contribution in [0.25, 0.3) is 21.9 Å². The molecule has 0 radical (unpaired) electrons. The molecule has 1 fully saturated rings. The zero-order chi connectivity index (χ0) is 22.8. The monoisotopic (exact) mass is 445 g/mol. The van der Waals surface area contributed by atoms with Crippen LogP contribution in [0.4, 0.5) is 5.69 Å². The van der Waals surface area contributed by atoms with Gasteiger partial charge in [-0.15, -0.1) is 0 Å². The molecule has 2 aromatic heterocycles. The predicted octanol–water partition coefficient (Wildman–Crippen LogP) is 4.12. The van der Waals surface area contributed by atoms with Crippen molar-refractivity contribution in [3.63, 3.8) is 0 Å². The fraction of sp³-hybridized carbons (Fsp3) is 0.308. The number of aromatic nitrogens is 1. The number of anilines is 1. The molecule has 0 unspecified atom stereocenters. The topological polar surface area (TPSA) is 89.8 Å². The Morgan fingerprint density at radius 1 is 1.00 bits per heavy atom. The number of nitrogens with one attached hydrogen (secondary N) is 1. The Balaban J connectivity index is 1.10. The number of nitrogens with zero attached hydrogens (tertiary/aromatic N) is 2. The molecule has 0 atom stereocenters. The van der Waals surface area contributed by atoms with Crippen molar-refractivity contribution in [3.05, 3.63) is 76.3 Å². The summed E-state index contributed by atoms with van der Waals surface area (Å²) in [5.74, 6) is -0.901. The van der Waals surface area contributed by atoms with Gasteiger partial charge in [0.2, 0.25) is 0 Å². The fourth-order valence-corrected chi connectivity index (χ4v) is 4.66. The van der Waals surface area contributed by atoms with Crippen molar-refractivity contribution in [2.45, 2.75) is 19.3 Å². The van der Waals surface area contributed by atoms with Crippen molar-refractivity contribution in [3.8, 4) is 0 Å². The summed E-state index contributed by atoms with van der Waals surface area (Å²) in [6.45, 7) is 5.12. The van der Waals surface area contributed by atoms with E-state index in [0.29, 0.717) is 11.1 Å². The maximum absolute atomic E-state index is 11.4. The van der Waals surface area contributed by atoms with E-state index in [4.69, 9.17) is 9.52 Å². The lowest BCUT2D eigenvalue weighted by Crippen LogP contribution is -2.46. The van der Waals surface area contributed by atoms with Gasteiger partial charge in [-0.2, -0.15) is 0 Å². The third-order valence-corrected chi connectivity index (χ3v) is 6.53. The van der Waals surface area contributed by atoms with Gasteiger partial charge in [0.25, 0.3) is 0 Å². The number of unbranched alkanes of at least 4 members (excludes halogenated alkanes) is 1. The van der Waals surface area contributed by atoms with Crippen molar-refractivity contribution >= 4 is 33.5 Å². The van der Waals surface area contributed by atoms with Crippen LogP contribution in [0, 0.1) is 0 Å². The maximum atomic E-state index is 11.4. The third-order valence-electron chi connectivity index (χ3n) is 6.53. The minimum Gasteiger partial charge on any atom is -0.478 e. The first kappa shape index (κ1) is 21.3. The molecule has 170 valence electrons. The lowest BCUT2D eigenvalue weighted by atomic mass is 10.1. The molecule has 7 heteroatoms. The van der Waals surface area contributed by atoms with Gasteiger partial charge < -0.3 is 19.4 Å². The molecule has 33 heavy (non-hydrogen) atoms. The molecule has 0 bridgehead atoms. The Morgan fingerprint density at radius 2 is 1.85 bits per heavy atom. The second-order valence-electron chi connectivity index (χ2n) is 8.64. The number of piperazine rings is 1. The number of carboxylic acid groups (broad SMARTS) is 1. The lowest BCUT2D eigenvalue weighted by molar-refractivity contribution is 0.0697. The number of H-pyrrole nitrogens is 1. The maximum Gasteiger partial charge on any atom is 0.336 e. The summed E-state index contributed by atoms with van der Waals surface area (Å²) in [7, 11) is 0. The summed E-state index contributed by atoms with van der Waals surface area (Å²) >= 11 is 0. The Morgan fingerprint density at radius 3 is 2.67 bits per heavy atom. The van der Waals surface area contributed by atoms with Gasteiger partial charge in [-0.3, -0.25) is 4.90 Å². The Hall–Kier alpha value is -3.58. The average molecular weight is 446 g/mol.